The zero-order valence-corrected chi connectivity index (χ0v) is 13.8. The maximum atomic E-state index is 12.9. The molecule has 0 spiro atoms. The second-order valence-electron chi connectivity index (χ2n) is 5.83. The summed E-state index contributed by atoms with van der Waals surface area (Å²) < 4.78 is 1.79. The number of aryl methyl sites for hydroxylation is 2. The molecule has 1 atom stereocenters. The van der Waals surface area contributed by atoms with E-state index in [1.807, 2.05) is 6.92 Å². The molecule has 114 valence electrons. The number of rotatable bonds is 4. The van der Waals surface area contributed by atoms with Crippen molar-refractivity contribution in [3.8, 4) is 0 Å². The molecule has 5 heteroatoms. The maximum Gasteiger partial charge on any atom is 0.263 e. The van der Waals surface area contributed by atoms with Crippen molar-refractivity contribution >= 4 is 27.5 Å². The van der Waals surface area contributed by atoms with E-state index in [0.29, 0.717) is 12.6 Å². The van der Waals surface area contributed by atoms with Gasteiger partial charge in [0.1, 0.15) is 4.83 Å². The van der Waals surface area contributed by atoms with Gasteiger partial charge in [-0.15, -0.1) is 11.3 Å². The summed E-state index contributed by atoms with van der Waals surface area (Å²) in [6.07, 6.45) is 5.58. The Morgan fingerprint density at radius 2 is 2.10 bits per heavy atom. The Morgan fingerprint density at radius 3 is 2.81 bits per heavy atom. The van der Waals surface area contributed by atoms with Crippen LogP contribution in [0, 0.1) is 0 Å². The first-order chi connectivity index (χ1) is 10.2. The number of nitrogens with zero attached hydrogens (tertiary/aromatic N) is 2. The predicted octanol–water partition coefficient (Wildman–Crippen LogP) is 3.57. The van der Waals surface area contributed by atoms with Crippen molar-refractivity contribution < 1.29 is 0 Å². The van der Waals surface area contributed by atoms with Gasteiger partial charge in [-0.05, 0) is 51.5 Å². The van der Waals surface area contributed by atoms with Crippen LogP contribution < -0.4 is 10.9 Å². The molecule has 21 heavy (non-hydrogen) atoms. The summed E-state index contributed by atoms with van der Waals surface area (Å²) >= 11 is 1.72. The minimum absolute atomic E-state index is 0.132. The average molecular weight is 305 g/mol. The number of hydrogen-bond donors (Lipinski definition) is 1. The molecule has 2 aromatic heterocycles. The summed E-state index contributed by atoms with van der Waals surface area (Å²) in [5.74, 6) is 0.725. The molecule has 0 amide bonds. The highest BCUT2D eigenvalue weighted by Gasteiger charge is 2.21. The van der Waals surface area contributed by atoms with Gasteiger partial charge < -0.3 is 5.32 Å². The quantitative estimate of drug-likeness (QED) is 0.939. The predicted molar refractivity (Wildman–Crippen MR) is 89.6 cm³/mol. The zero-order valence-electron chi connectivity index (χ0n) is 13.0. The maximum absolute atomic E-state index is 12.9. The third-order valence-electron chi connectivity index (χ3n) is 4.38. The van der Waals surface area contributed by atoms with Crippen LogP contribution >= 0.6 is 11.3 Å². The number of nitrogens with one attached hydrogen (secondary N) is 1. The topological polar surface area (TPSA) is 46.9 Å². The molecule has 1 N–H and O–H groups in total. The highest BCUT2D eigenvalue weighted by atomic mass is 32.1. The van der Waals surface area contributed by atoms with Crippen LogP contribution in [0.3, 0.4) is 0 Å². The van der Waals surface area contributed by atoms with Crippen molar-refractivity contribution in [2.24, 2.45) is 0 Å². The lowest BCUT2D eigenvalue weighted by Gasteiger charge is -2.16. The van der Waals surface area contributed by atoms with Gasteiger partial charge in [-0.1, -0.05) is 6.92 Å². The van der Waals surface area contributed by atoms with E-state index in [4.69, 9.17) is 4.98 Å². The average Bonchev–Trinajstić information content (AvgIpc) is 2.85. The third kappa shape index (κ3) is 2.48. The number of aromatic nitrogens is 2. The summed E-state index contributed by atoms with van der Waals surface area (Å²) in [4.78, 5) is 19.9. The van der Waals surface area contributed by atoms with Gasteiger partial charge in [0.25, 0.3) is 5.56 Å². The van der Waals surface area contributed by atoms with Crippen molar-refractivity contribution in [2.45, 2.75) is 65.5 Å². The van der Waals surface area contributed by atoms with E-state index in [0.717, 1.165) is 35.4 Å². The minimum atomic E-state index is 0.132. The fourth-order valence-corrected chi connectivity index (χ4v) is 4.22. The highest BCUT2D eigenvalue weighted by Crippen LogP contribution is 2.34. The van der Waals surface area contributed by atoms with Gasteiger partial charge in [0, 0.05) is 17.5 Å². The molecule has 0 aliphatic heterocycles. The third-order valence-corrected chi connectivity index (χ3v) is 5.56. The lowest BCUT2D eigenvalue weighted by molar-refractivity contribution is 0.682. The Kier molecular flexibility index (Phi) is 4.02. The molecule has 2 aromatic rings. The summed E-state index contributed by atoms with van der Waals surface area (Å²) in [7, 11) is 0. The van der Waals surface area contributed by atoms with E-state index >= 15 is 0 Å². The summed E-state index contributed by atoms with van der Waals surface area (Å²) in [6.45, 7) is 6.92. The Labute approximate surface area is 129 Å². The first-order valence-electron chi connectivity index (χ1n) is 7.97. The van der Waals surface area contributed by atoms with Crippen molar-refractivity contribution in [3.63, 3.8) is 0 Å². The van der Waals surface area contributed by atoms with Crippen LogP contribution in [-0.2, 0) is 19.4 Å². The van der Waals surface area contributed by atoms with Crippen LogP contribution in [-0.4, -0.2) is 15.6 Å². The molecule has 0 aromatic carbocycles. The van der Waals surface area contributed by atoms with E-state index < -0.39 is 0 Å². The van der Waals surface area contributed by atoms with Crippen molar-refractivity contribution in [1.29, 1.82) is 0 Å². The van der Waals surface area contributed by atoms with E-state index in [1.165, 1.54) is 23.3 Å². The number of hydrogen-bond acceptors (Lipinski definition) is 4. The molecule has 0 radical (unpaired) electrons. The van der Waals surface area contributed by atoms with Crippen LogP contribution in [0.4, 0.5) is 5.95 Å². The monoisotopic (exact) mass is 305 g/mol. The SMILES string of the molecule is CCC(C)Nc1nc2sc3c(c2c(=O)n1CC)CCCC3. The summed E-state index contributed by atoms with van der Waals surface area (Å²) in [5.41, 5.74) is 1.41. The first kappa shape index (κ1) is 14.6. The Balaban J connectivity index is 2.20. The van der Waals surface area contributed by atoms with Gasteiger partial charge in [0.15, 0.2) is 0 Å². The van der Waals surface area contributed by atoms with Gasteiger partial charge in [-0.2, -0.15) is 0 Å². The zero-order chi connectivity index (χ0) is 15.0. The van der Waals surface area contributed by atoms with Crippen LogP contribution in [0.25, 0.3) is 10.2 Å². The molecule has 0 saturated carbocycles. The van der Waals surface area contributed by atoms with E-state index in [9.17, 15) is 4.79 Å². The van der Waals surface area contributed by atoms with Crippen molar-refractivity contribution in [1.82, 2.24) is 9.55 Å². The van der Waals surface area contributed by atoms with Crippen LogP contribution in [0.5, 0.6) is 0 Å². The standard InChI is InChI=1S/C16H23N3OS/c1-4-10(3)17-16-18-14-13(15(20)19(16)5-2)11-8-6-7-9-12(11)21-14/h10H,4-9H2,1-3H3,(H,17,18). The smallest absolute Gasteiger partial charge is 0.263 e. The number of thiophene rings is 1. The molecular weight excluding hydrogens is 282 g/mol. The fourth-order valence-electron chi connectivity index (χ4n) is 2.96. The second kappa shape index (κ2) is 5.79. The number of anilines is 1. The molecule has 0 fully saturated rings. The van der Waals surface area contributed by atoms with E-state index in [2.05, 4.69) is 19.2 Å². The van der Waals surface area contributed by atoms with Crippen LogP contribution in [0.15, 0.2) is 4.79 Å². The Hall–Kier alpha value is -1.36. The lowest BCUT2D eigenvalue weighted by Crippen LogP contribution is -2.27. The molecule has 4 nitrogen and oxygen atoms in total. The molecular formula is C16H23N3OS. The number of fused-ring (bicyclic) bond motifs is 3. The van der Waals surface area contributed by atoms with Gasteiger partial charge in [0.05, 0.1) is 5.39 Å². The molecule has 1 aliphatic carbocycles. The molecule has 0 saturated heterocycles. The van der Waals surface area contributed by atoms with Gasteiger partial charge in [-0.3, -0.25) is 9.36 Å². The first-order valence-corrected chi connectivity index (χ1v) is 8.79. The molecule has 3 rings (SSSR count). The molecule has 1 unspecified atom stereocenters. The largest absolute Gasteiger partial charge is 0.353 e. The Morgan fingerprint density at radius 1 is 1.33 bits per heavy atom. The summed E-state index contributed by atoms with van der Waals surface area (Å²) in [6, 6.07) is 0.321. The summed E-state index contributed by atoms with van der Waals surface area (Å²) in [5, 5.41) is 4.26. The highest BCUT2D eigenvalue weighted by molar-refractivity contribution is 7.18. The van der Waals surface area contributed by atoms with Crippen LogP contribution in [0.2, 0.25) is 0 Å². The molecule has 1 aliphatic rings. The van der Waals surface area contributed by atoms with Crippen molar-refractivity contribution in [3.05, 3.63) is 20.8 Å². The fraction of sp³-hybridized carbons (Fsp3) is 0.625. The minimum Gasteiger partial charge on any atom is -0.353 e. The van der Waals surface area contributed by atoms with Crippen molar-refractivity contribution in [2.75, 3.05) is 5.32 Å². The van der Waals surface area contributed by atoms with Crippen LogP contribution in [0.1, 0.15) is 50.5 Å². The van der Waals surface area contributed by atoms with E-state index in [1.54, 1.807) is 15.9 Å². The Bertz CT molecular complexity index is 716. The lowest BCUT2D eigenvalue weighted by atomic mass is 9.97. The molecule has 2 heterocycles. The molecule has 0 bridgehead atoms. The van der Waals surface area contributed by atoms with Gasteiger partial charge >= 0.3 is 0 Å². The second-order valence-corrected chi connectivity index (χ2v) is 6.91. The van der Waals surface area contributed by atoms with Gasteiger partial charge in [-0.25, -0.2) is 4.98 Å². The van der Waals surface area contributed by atoms with Gasteiger partial charge in [0.2, 0.25) is 5.95 Å². The van der Waals surface area contributed by atoms with E-state index in [-0.39, 0.29) is 5.56 Å². The normalized spacial score (nSPS) is 16.0.